The number of hydrogen-bond acceptors (Lipinski definition) is 5. The van der Waals surface area contributed by atoms with Gasteiger partial charge in [0, 0.05) is 16.5 Å². The molecule has 0 amide bonds. The van der Waals surface area contributed by atoms with Gasteiger partial charge in [-0.2, -0.15) is 9.78 Å². The monoisotopic (exact) mass is 623 g/mol. The van der Waals surface area contributed by atoms with Crippen molar-refractivity contribution in [1.82, 2.24) is 9.66 Å². The lowest BCUT2D eigenvalue weighted by molar-refractivity contribution is 0.268. The molecule has 0 aliphatic carbocycles. The van der Waals surface area contributed by atoms with E-state index in [0.29, 0.717) is 54.3 Å². The first-order valence-electron chi connectivity index (χ1n) is 14.3. The third-order valence-electron chi connectivity index (χ3n) is 7.02. The van der Waals surface area contributed by atoms with Crippen molar-refractivity contribution in [2.24, 2.45) is 5.10 Å². The first-order chi connectivity index (χ1) is 20.5. The topological polar surface area (TPSA) is 65.7 Å². The highest BCUT2D eigenvalue weighted by molar-refractivity contribution is 9.10. The van der Waals surface area contributed by atoms with Crippen LogP contribution in [-0.4, -0.2) is 22.5 Å². The highest BCUT2D eigenvalue weighted by Gasteiger charge is 2.15. The number of hydrogen-bond donors (Lipinski definition) is 0. The number of allylic oxidation sites excluding steroid dienone is 1. The summed E-state index contributed by atoms with van der Waals surface area (Å²) in [5.41, 5.74) is 3.28. The smallest absolute Gasteiger partial charge is 0.282 e. The van der Waals surface area contributed by atoms with E-state index in [1.165, 1.54) is 10.1 Å². The summed E-state index contributed by atoms with van der Waals surface area (Å²) in [4.78, 5) is 18.3. The molecule has 5 aromatic rings. The van der Waals surface area contributed by atoms with Crippen LogP contribution in [-0.2, 0) is 19.4 Å². The summed E-state index contributed by atoms with van der Waals surface area (Å²) in [6.07, 6.45) is 6.66. The summed E-state index contributed by atoms with van der Waals surface area (Å²) in [6.45, 7) is 8.89. The third-order valence-corrected chi connectivity index (χ3v) is 7.51. The molecule has 0 aliphatic rings. The van der Waals surface area contributed by atoms with Gasteiger partial charge in [0.1, 0.15) is 12.4 Å². The Kier molecular flexibility index (Phi) is 9.49. The molecule has 5 rings (SSSR count). The molecule has 214 valence electrons. The molecule has 1 heterocycles. The minimum atomic E-state index is -0.199. The summed E-state index contributed by atoms with van der Waals surface area (Å²) in [5.74, 6) is 1.94. The van der Waals surface area contributed by atoms with E-state index in [9.17, 15) is 4.79 Å². The van der Waals surface area contributed by atoms with Gasteiger partial charge in [-0.3, -0.25) is 4.79 Å². The van der Waals surface area contributed by atoms with Gasteiger partial charge >= 0.3 is 0 Å². The summed E-state index contributed by atoms with van der Waals surface area (Å²) >= 11 is 3.47. The largest absolute Gasteiger partial charge is 0.490 e. The molecule has 6 nitrogen and oxygen atoms in total. The predicted molar refractivity (Wildman–Crippen MR) is 175 cm³/mol. The number of ether oxygens (including phenoxy) is 2. The normalized spacial score (nSPS) is 11.4. The Bertz CT molecular complexity index is 1820. The van der Waals surface area contributed by atoms with Gasteiger partial charge in [-0.1, -0.05) is 77.8 Å². The summed E-state index contributed by atoms with van der Waals surface area (Å²) in [5, 5.41) is 7.49. The molecule has 7 heteroatoms. The fraction of sp³-hybridized carbons (Fsp3) is 0.229. The van der Waals surface area contributed by atoms with E-state index < -0.39 is 0 Å². The molecule has 4 aromatic carbocycles. The van der Waals surface area contributed by atoms with Crippen molar-refractivity contribution in [2.75, 3.05) is 6.61 Å². The van der Waals surface area contributed by atoms with Gasteiger partial charge in [-0.05, 0) is 72.0 Å². The molecule has 0 saturated carbocycles. The molecule has 0 unspecified atom stereocenters. The standard InChI is InChI=1S/C35H34BrN3O3/c1-4-7-16-33-38-31-18-17-28(36)21-30(31)35(40)39(33)37-22-24-19-26(11-5-2)34(32(20-24)41-6-3)42-23-27-14-10-13-25-12-8-9-15-29(25)27/h5,8-10,12-15,17-22H,2,4,6-7,11,16,23H2,1,3H3. The van der Waals surface area contributed by atoms with Crippen LogP contribution in [0.15, 0.2) is 99.8 Å². The van der Waals surface area contributed by atoms with E-state index in [1.54, 1.807) is 12.3 Å². The van der Waals surface area contributed by atoms with Crippen LogP contribution in [0.1, 0.15) is 49.2 Å². The van der Waals surface area contributed by atoms with E-state index in [-0.39, 0.29) is 5.56 Å². The van der Waals surface area contributed by atoms with Gasteiger partial charge in [0.2, 0.25) is 0 Å². The zero-order chi connectivity index (χ0) is 29.5. The van der Waals surface area contributed by atoms with Crippen LogP contribution in [0.3, 0.4) is 0 Å². The van der Waals surface area contributed by atoms with Crippen LogP contribution >= 0.6 is 15.9 Å². The molecular formula is C35H34BrN3O3. The van der Waals surface area contributed by atoms with Crippen LogP contribution in [0.4, 0.5) is 0 Å². The highest BCUT2D eigenvalue weighted by atomic mass is 79.9. The molecule has 1 aromatic heterocycles. The minimum Gasteiger partial charge on any atom is -0.490 e. The van der Waals surface area contributed by atoms with Crippen molar-refractivity contribution < 1.29 is 9.47 Å². The van der Waals surface area contributed by atoms with Crippen molar-refractivity contribution >= 4 is 43.8 Å². The zero-order valence-electron chi connectivity index (χ0n) is 24.0. The molecule has 0 N–H and O–H groups in total. The van der Waals surface area contributed by atoms with Crippen LogP contribution in [0.2, 0.25) is 0 Å². The maximum absolute atomic E-state index is 13.5. The van der Waals surface area contributed by atoms with Crippen LogP contribution < -0.4 is 15.0 Å². The summed E-state index contributed by atoms with van der Waals surface area (Å²) < 4.78 is 14.7. The number of aryl methyl sites for hydroxylation is 1. The first kappa shape index (κ1) is 29.3. The van der Waals surface area contributed by atoms with E-state index in [1.807, 2.05) is 55.5 Å². The molecule has 0 radical (unpaired) electrons. The molecule has 0 aliphatic heterocycles. The van der Waals surface area contributed by atoms with Crippen LogP contribution in [0.5, 0.6) is 11.5 Å². The molecule has 0 spiro atoms. The second-order valence-corrected chi connectivity index (χ2v) is 10.9. The summed E-state index contributed by atoms with van der Waals surface area (Å²) in [7, 11) is 0. The van der Waals surface area contributed by atoms with Crippen LogP contribution in [0, 0.1) is 0 Å². The second-order valence-electron chi connectivity index (χ2n) is 10.0. The van der Waals surface area contributed by atoms with Crippen LogP contribution in [0.25, 0.3) is 21.7 Å². The Labute approximate surface area is 254 Å². The number of halogens is 1. The number of unbranched alkanes of at least 4 members (excludes halogenated alkanes) is 1. The van der Waals surface area contributed by atoms with E-state index in [2.05, 4.69) is 58.8 Å². The SMILES string of the molecule is C=CCc1cc(C=Nn2c(CCCC)nc3ccc(Br)cc3c2=O)cc(OCC)c1OCc1cccc2ccccc12. The number of nitrogens with zero attached hydrogens (tertiary/aromatic N) is 3. The highest BCUT2D eigenvalue weighted by Crippen LogP contribution is 2.35. The Morgan fingerprint density at radius 3 is 2.62 bits per heavy atom. The Morgan fingerprint density at radius 2 is 1.81 bits per heavy atom. The Morgan fingerprint density at radius 1 is 0.976 bits per heavy atom. The number of fused-ring (bicyclic) bond motifs is 2. The van der Waals surface area contributed by atoms with Gasteiger partial charge < -0.3 is 9.47 Å². The van der Waals surface area contributed by atoms with Gasteiger partial charge in [0.15, 0.2) is 11.5 Å². The average Bonchev–Trinajstić information content (AvgIpc) is 3.00. The van der Waals surface area contributed by atoms with Crippen molar-refractivity contribution in [2.45, 2.75) is 46.1 Å². The Hall–Kier alpha value is -4.23. The van der Waals surface area contributed by atoms with E-state index >= 15 is 0 Å². The lowest BCUT2D eigenvalue weighted by Crippen LogP contribution is -2.22. The predicted octanol–water partition coefficient (Wildman–Crippen LogP) is 8.24. The Balaban J connectivity index is 1.53. The summed E-state index contributed by atoms with van der Waals surface area (Å²) in [6, 6.07) is 24.0. The molecular weight excluding hydrogens is 590 g/mol. The molecule has 0 atom stereocenters. The minimum absolute atomic E-state index is 0.199. The lowest BCUT2D eigenvalue weighted by Gasteiger charge is -2.17. The van der Waals surface area contributed by atoms with E-state index in [4.69, 9.17) is 14.5 Å². The zero-order valence-corrected chi connectivity index (χ0v) is 25.6. The molecule has 0 bridgehead atoms. The van der Waals surface area contributed by atoms with Crippen molar-refractivity contribution in [3.8, 4) is 11.5 Å². The number of aromatic nitrogens is 2. The fourth-order valence-electron chi connectivity index (χ4n) is 4.99. The van der Waals surface area contributed by atoms with Crippen molar-refractivity contribution in [3.05, 3.63) is 123 Å². The number of benzene rings is 4. The maximum Gasteiger partial charge on any atom is 0.282 e. The maximum atomic E-state index is 13.5. The quantitative estimate of drug-likeness (QED) is 0.104. The van der Waals surface area contributed by atoms with E-state index in [0.717, 1.165) is 39.4 Å². The first-order valence-corrected chi connectivity index (χ1v) is 15.1. The fourth-order valence-corrected chi connectivity index (χ4v) is 5.36. The second kappa shape index (κ2) is 13.6. The van der Waals surface area contributed by atoms with Crippen molar-refractivity contribution in [3.63, 3.8) is 0 Å². The van der Waals surface area contributed by atoms with Crippen molar-refractivity contribution in [1.29, 1.82) is 0 Å². The average molecular weight is 625 g/mol. The third kappa shape index (κ3) is 6.47. The molecule has 0 saturated heterocycles. The van der Waals surface area contributed by atoms with Gasteiger partial charge in [0.25, 0.3) is 5.56 Å². The van der Waals surface area contributed by atoms with Gasteiger partial charge in [0.05, 0.1) is 23.7 Å². The van der Waals surface area contributed by atoms with Gasteiger partial charge in [-0.25, -0.2) is 4.98 Å². The molecule has 0 fully saturated rings. The lowest BCUT2D eigenvalue weighted by atomic mass is 10.0. The van der Waals surface area contributed by atoms with Gasteiger partial charge in [-0.15, -0.1) is 6.58 Å². The molecule has 42 heavy (non-hydrogen) atoms. The number of rotatable bonds is 12.